The third-order valence-electron chi connectivity index (χ3n) is 4.35. The van der Waals surface area contributed by atoms with Crippen molar-refractivity contribution >= 4 is 22.8 Å². The molecule has 2 aromatic heterocycles. The highest BCUT2D eigenvalue weighted by Gasteiger charge is 2.13. The zero-order valence-electron chi connectivity index (χ0n) is 15.3. The first-order chi connectivity index (χ1) is 13.5. The minimum absolute atomic E-state index is 0.0202. The molecule has 2 aromatic carbocycles. The summed E-state index contributed by atoms with van der Waals surface area (Å²) in [5, 5.41) is 14.6. The number of anilines is 1. The van der Waals surface area contributed by atoms with E-state index in [1.807, 2.05) is 26.0 Å². The number of benzene rings is 2. The lowest BCUT2D eigenvalue weighted by Gasteiger charge is -2.10. The highest BCUT2D eigenvalue weighted by molar-refractivity contribution is 5.96. The van der Waals surface area contributed by atoms with E-state index < -0.39 is 5.91 Å². The molecule has 140 valence electrons. The summed E-state index contributed by atoms with van der Waals surface area (Å²) in [5.74, 6) is 0.0470. The molecule has 0 spiro atoms. The number of hydrogen-bond donors (Lipinski definition) is 3. The fourth-order valence-corrected chi connectivity index (χ4v) is 3.00. The van der Waals surface area contributed by atoms with Gasteiger partial charge in [0, 0.05) is 5.56 Å². The molecule has 28 heavy (non-hydrogen) atoms. The lowest BCUT2D eigenvalue weighted by atomic mass is 10.1. The fourth-order valence-electron chi connectivity index (χ4n) is 3.00. The number of hydrogen-bond acceptors (Lipinski definition) is 6. The van der Waals surface area contributed by atoms with Gasteiger partial charge in [0.15, 0.2) is 11.5 Å². The van der Waals surface area contributed by atoms with E-state index in [1.165, 1.54) is 24.0 Å². The zero-order chi connectivity index (χ0) is 19.7. The Morgan fingerprint density at radius 2 is 1.96 bits per heavy atom. The average Bonchev–Trinajstić information content (AvgIpc) is 3.10. The minimum atomic E-state index is -0.399. The van der Waals surface area contributed by atoms with Gasteiger partial charge >= 0.3 is 0 Å². The maximum absolute atomic E-state index is 12.3. The van der Waals surface area contributed by atoms with Crippen molar-refractivity contribution in [2.45, 2.75) is 13.8 Å². The van der Waals surface area contributed by atoms with Crippen molar-refractivity contribution < 1.29 is 9.90 Å². The number of aromatic nitrogens is 4. The van der Waals surface area contributed by atoms with E-state index in [0.29, 0.717) is 22.4 Å². The molecule has 0 aliphatic rings. The van der Waals surface area contributed by atoms with Crippen LogP contribution >= 0.6 is 0 Å². The molecular weight excluding hydrogens is 356 g/mol. The van der Waals surface area contributed by atoms with Gasteiger partial charge in [-0.15, -0.1) is 0 Å². The van der Waals surface area contributed by atoms with Crippen LogP contribution in [0, 0.1) is 13.8 Å². The number of phenolic OH excluding ortho intramolecular Hbond substituents is 1. The summed E-state index contributed by atoms with van der Waals surface area (Å²) in [6.45, 7) is 4.06. The van der Waals surface area contributed by atoms with Crippen molar-refractivity contribution in [3.8, 4) is 11.4 Å². The smallest absolute Gasteiger partial charge is 0.269 e. The van der Waals surface area contributed by atoms with Crippen LogP contribution in [0.1, 0.15) is 21.5 Å². The molecule has 8 nitrogen and oxygen atoms in total. The molecule has 4 aromatic rings. The van der Waals surface area contributed by atoms with E-state index in [9.17, 15) is 9.90 Å². The number of aromatic hydroxyl groups is 1. The predicted octanol–water partition coefficient (Wildman–Crippen LogP) is 2.89. The number of aryl methyl sites for hydroxylation is 2. The van der Waals surface area contributed by atoms with Crippen molar-refractivity contribution in [3.05, 3.63) is 71.7 Å². The summed E-state index contributed by atoms with van der Waals surface area (Å²) in [7, 11) is 0. The van der Waals surface area contributed by atoms with Crippen LogP contribution in [-0.4, -0.2) is 30.8 Å². The van der Waals surface area contributed by atoms with Gasteiger partial charge in [0.05, 0.1) is 17.3 Å². The normalized spacial score (nSPS) is 10.8. The Balaban J connectivity index is 1.62. The fraction of sp³-hybridized carbons (Fsp3) is 0.100. The monoisotopic (exact) mass is 374 g/mol. The molecule has 0 aliphatic heterocycles. The number of phenols is 1. The van der Waals surface area contributed by atoms with E-state index >= 15 is 0 Å². The first-order valence-electron chi connectivity index (χ1n) is 8.64. The van der Waals surface area contributed by atoms with Gasteiger partial charge in [-0.2, -0.15) is 5.10 Å². The van der Waals surface area contributed by atoms with E-state index in [1.54, 1.807) is 23.0 Å². The molecule has 3 N–H and O–H groups in total. The second-order valence-electron chi connectivity index (χ2n) is 6.44. The van der Waals surface area contributed by atoms with Crippen LogP contribution in [0.15, 0.2) is 55.0 Å². The topological polar surface area (TPSA) is 105 Å². The molecule has 2 heterocycles. The summed E-state index contributed by atoms with van der Waals surface area (Å²) in [6, 6.07) is 12.2. The average molecular weight is 374 g/mol. The number of amides is 1. The number of rotatable bonds is 4. The quantitative estimate of drug-likeness (QED) is 0.475. The third-order valence-corrected chi connectivity index (χ3v) is 4.35. The van der Waals surface area contributed by atoms with Gasteiger partial charge in [-0.05, 0) is 43.7 Å². The first kappa shape index (κ1) is 17.5. The van der Waals surface area contributed by atoms with Gasteiger partial charge in [-0.1, -0.05) is 23.8 Å². The van der Waals surface area contributed by atoms with Gasteiger partial charge in [0.25, 0.3) is 5.91 Å². The second-order valence-corrected chi connectivity index (χ2v) is 6.44. The van der Waals surface area contributed by atoms with Crippen molar-refractivity contribution in [1.82, 2.24) is 25.2 Å². The lowest BCUT2D eigenvalue weighted by molar-refractivity contribution is 0.0962. The summed E-state index contributed by atoms with van der Waals surface area (Å²) in [4.78, 5) is 20.8. The Labute approximate surface area is 160 Å². The van der Waals surface area contributed by atoms with Crippen LogP contribution in [0.5, 0.6) is 5.75 Å². The van der Waals surface area contributed by atoms with E-state index in [4.69, 9.17) is 0 Å². The van der Waals surface area contributed by atoms with Crippen LogP contribution in [0.2, 0.25) is 0 Å². The molecule has 0 aliphatic carbocycles. The third kappa shape index (κ3) is 3.23. The Kier molecular flexibility index (Phi) is 4.36. The Morgan fingerprint density at radius 1 is 1.11 bits per heavy atom. The molecular formula is C20H18N6O2. The zero-order valence-corrected chi connectivity index (χ0v) is 15.3. The van der Waals surface area contributed by atoms with Gasteiger partial charge in [0.1, 0.15) is 12.1 Å². The Bertz CT molecular complexity index is 1180. The maximum atomic E-state index is 12.3. The molecule has 1 amide bonds. The number of nitrogens with one attached hydrogen (secondary N) is 2. The lowest BCUT2D eigenvalue weighted by Crippen LogP contribution is -2.29. The summed E-state index contributed by atoms with van der Waals surface area (Å²) in [5.41, 5.74) is 9.50. The molecule has 0 saturated heterocycles. The molecule has 0 atom stereocenters. The van der Waals surface area contributed by atoms with Gasteiger partial charge in [0.2, 0.25) is 0 Å². The van der Waals surface area contributed by atoms with Crippen molar-refractivity contribution in [1.29, 1.82) is 0 Å². The predicted molar refractivity (Wildman–Crippen MR) is 105 cm³/mol. The molecule has 4 rings (SSSR count). The van der Waals surface area contributed by atoms with Crippen LogP contribution in [0.4, 0.5) is 5.82 Å². The van der Waals surface area contributed by atoms with E-state index in [0.717, 1.165) is 11.3 Å². The van der Waals surface area contributed by atoms with Crippen LogP contribution in [0.3, 0.4) is 0 Å². The first-order valence-corrected chi connectivity index (χ1v) is 8.64. The number of carbonyl (C=O) groups is 1. The highest BCUT2D eigenvalue weighted by Crippen LogP contribution is 2.23. The van der Waals surface area contributed by atoms with Gasteiger partial charge < -0.3 is 5.11 Å². The van der Waals surface area contributed by atoms with Crippen molar-refractivity contribution in [2.24, 2.45) is 0 Å². The standard InChI is InChI=1S/C20H18N6O2/c1-12-6-7-17(13(2)8-12)26-19-16(10-23-26)18(21-11-22-19)24-25-20(28)14-4-3-5-15(27)9-14/h3-11,27H,1-2H3,(H,25,28)(H,21,22,24). The number of hydrazine groups is 1. The van der Waals surface area contributed by atoms with Gasteiger partial charge in [-0.3, -0.25) is 15.6 Å². The highest BCUT2D eigenvalue weighted by atomic mass is 16.3. The number of fused-ring (bicyclic) bond motifs is 1. The SMILES string of the molecule is Cc1ccc(-n2ncc3c(NNC(=O)c4cccc(O)c4)ncnc32)c(C)c1. The maximum Gasteiger partial charge on any atom is 0.269 e. The summed E-state index contributed by atoms with van der Waals surface area (Å²) in [6.07, 6.45) is 3.06. The summed E-state index contributed by atoms with van der Waals surface area (Å²) < 4.78 is 1.74. The van der Waals surface area contributed by atoms with E-state index in [-0.39, 0.29) is 5.75 Å². The molecule has 0 fully saturated rings. The van der Waals surface area contributed by atoms with E-state index in [2.05, 4.69) is 32.0 Å². The second kappa shape index (κ2) is 6.99. The minimum Gasteiger partial charge on any atom is -0.508 e. The largest absolute Gasteiger partial charge is 0.508 e. The number of nitrogens with zero attached hydrogens (tertiary/aromatic N) is 4. The molecule has 8 heteroatoms. The van der Waals surface area contributed by atoms with Crippen LogP contribution in [-0.2, 0) is 0 Å². The molecule has 0 bridgehead atoms. The Hall–Kier alpha value is -3.94. The number of carbonyl (C=O) groups excluding carboxylic acids is 1. The van der Waals surface area contributed by atoms with Crippen LogP contribution < -0.4 is 10.9 Å². The molecule has 0 radical (unpaired) electrons. The van der Waals surface area contributed by atoms with Crippen molar-refractivity contribution in [3.63, 3.8) is 0 Å². The van der Waals surface area contributed by atoms with Crippen LogP contribution in [0.25, 0.3) is 16.7 Å². The Morgan fingerprint density at radius 3 is 2.75 bits per heavy atom. The molecule has 0 saturated carbocycles. The molecule has 0 unspecified atom stereocenters. The van der Waals surface area contributed by atoms with Crippen molar-refractivity contribution in [2.75, 3.05) is 5.43 Å². The van der Waals surface area contributed by atoms with Gasteiger partial charge in [-0.25, -0.2) is 14.6 Å². The summed E-state index contributed by atoms with van der Waals surface area (Å²) >= 11 is 0.